The molecule has 2 heterocycles. The number of para-hydroxylation sites is 2. The Bertz CT molecular complexity index is 861. The molecule has 2 N–H and O–H groups in total. The van der Waals surface area contributed by atoms with Crippen molar-refractivity contribution in [3.05, 3.63) is 64.3 Å². The van der Waals surface area contributed by atoms with Gasteiger partial charge < -0.3 is 14.9 Å². The summed E-state index contributed by atoms with van der Waals surface area (Å²) in [6, 6.07) is 10.3. The fourth-order valence-electron chi connectivity index (χ4n) is 2.22. The van der Waals surface area contributed by atoms with Crippen molar-refractivity contribution in [2.24, 2.45) is 7.05 Å². The van der Waals surface area contributed by atoms with E-state index in [-0.39, 0.29) is 17.5 Å². The van der Waals surface area contributed by atoms with Gasteiger partial charge in [0.25, 0.3) is 11.5 Å². The number of pyridine rings is 1. The van der Waals surface area contributed by atoms with Crippen LogP contribution in [0.5, 0.6) is 0 Å². The summed E-state index contributed by atoms with van der Waals surface area (Å²) in [4.78, 5) is 31.4. The van der Waals surface area contributed by atoms with Crippen LogP contribution in [0.25, 0.3) is 11.0 Å². The minimum Gasteiger partial charge on any atom is -0.342 e. The third kappa shape index (κ3) is 2.63. The zero-order chi connectivity index (χ0) is 15.7. The van der Waals surface area contributed by atoms with E-state index in [0.717, 1.165) is 11.0 Å². The van der Waals surface area contributed by atoms with Crippen molar-refractivity contribution in [3.8, 4) is 0 Å². The number of amides is 1. The van der Waals surface area contributed by atoms with Crippen molar-refractivity contribution >= 4 is 16.9 Å². The number of carbonyl (C=O) groups is 1. The second-order valence-corrected chi connectivity index (χ2v) is 5.20. The average molecular weight is 296 g/mol. The number of hydrogen-bond acceptors (Lipinski definition) is 3. The Morgan fingerprint density at radius 2 is 2.09 bits per heavy atom. The Kier molecular flexibility index (Phi) is 3.50. The van der Waals surface area contributed by atoms with Crippen LogP contribution >= 0.6 is 0 Å². The number of nitrogens with zero attached hydrogens (tertiary/aromatic N) is 2. The molecule has 1 amide bonds. The number of imidazole rings is 1. The summed E-state index contributed by atoms with van der Waals surface area (Å²) in [5, 5.41) is 2.84. The van der Waals surface area contributed by atoms with E-state index in [4.69, 9.17) is 0 Å². The van der Waals surface area contributed by atoms with Gasteiger partial charge in [-0.05, 0) is 25.1 Å². The lowest BCUT2D eigenvalue weighted by Gasteiger charge is -2.11. The zero-order valence-corrected chi connectivity index (χ0v) is 12.3. The molecule has 0 fully saturated rings. The minimum absolute atomic E-state index is 0.218. The van der Waals surface area contributed by atoms with Crippen LogP contribution in [-0.2, 0) is 7.05 Å². The first-order valence-corrected chi connectivity index (χ1v) is 6.97. The van der Waals surface area contributed by atoms with E-state index >= 15 is 0 Å². The van der Waals surface area contributed by atoms with Gasteiger partial charge in [-0.15, -0.1) is 0 Å². The smallest absolute Gasteiger partial charge is 0.252 e. The summed E-state index contributed by atoms with van der Waals surface area (Å²) in [6.45, 7) is 1.84. The standard InChI is InChI=1S/C16H16N4O2/c1-10(15-18-12-5-3-4-6-13(12)19-15)17-16(22)11-7-8-20(2)14(21)9-11/h3-10H,1-2H3,(H,17,22)(H,18,19). The number of fused-ring (bicyclic) bond motifs is 1. The fourth-order valence-corrected chi connectivity index (χ4v) is 2.22. The van der Waals surface area contributed by atoms with Gasteiger partial charge in [0.2, 0.25) is 0 Å². The van der Waals surface area contributed by atoms with E-state index in [1.807, 2.05) is 31.2 Å². The summed E-state index contributed by atoms with van der Waals surface area (Å²) in [5.74, 6) is 0.379. The van der Waals surface area contributed by atoms with E-state index in [1.165, 1.54) is 10.6 Å². The molecule has 0 saturated heterocycles. The molecule has 3 rings (SSSR count). The van der Waals surface area contributed by atoms with E-state index < -0.39 is 0 Å². The van der Waals surface area contributed by atoms with E-state index in [1.54, 1.807) is 19.3 Å². The first-order valence-electron chi connectivity index (χ1n) is 6.97. The van der Waals surface area contributed by atoms with Gasteiger partial charge in [-0.25, -0.2) is 4.98 Å². The lowest BCUT2D eigenvalue weighted by molar-refractivity contribution is 0.0938. The molecule has 1 unspecified atom stereocenters. The molecule has 22 heavy (non-hydrogen) atoms. The number of benzene rings is 1. The summed E-state index contributed by atoms with van der Waals surface area (Å²) in [5.41, 5.74) is 1.90. The Labute approximate surface area is 126 Å². The number of aromatic nitrogens is 3. The Hall–Kier alpha value is -2.89. The molecule has 0 bridgehead atoms. The molecule has 112 valence electrons. The second-order valence-electron chi connectivity index (χ2n) is 5.20. The molecular formula is C16H16N4O2. The van der Waals surface area contributed by atoms with Crippen LogP contribution in [-0.4, -0.2) is 20.4 Å². The third-order valence-corrected chi connectivity index (χ3v) is 3.53. The lowest BCUT2D eigenvalue weighted by atomic mass is 10.2. The normalized spacial score (nSPS) is 12.3. The van der Waals surface area contributed by atoms with Gasteiger partial charge in [0.1, 0.15) is 5.82 Å². The summed E-state index contributed by atoms with van der Waals surface area (Å²) in [6.07, 6.45) is 1.57. The highest BCUT2D eigenvalue weighted by Gasteiger charge is 2.15. The number of nitrogens with one attached hydrogen (secondary N) is 2. The SMILES string of the molecule is CC(NC(=O)c1ccn(C)c(=O)c1)c1nc2ccccc2[nH]1. The Balaban J connectivity index is 1.80. The average Bonchev–Trinajstić information content (AvgIpc) is 2.94. The van der Waals surface area contributed by atoms with Crippen LogP contribution in [0.2, 0.25) is 0 Å². The van der Waals surface area contributed by atoms with E-state index in [0.29, 0.717) is 11.4 Å². The van der Waals surface area contributed by atoms with Crippen molar-refractivity contribution in [1.29, 1.82) is 0 Å². The van der Waals surface area contributed by atoms with Crippen LogP contribution in [0.4, 0.5) is 0 Å². The van der Waals surface area contributed by atoms with Crippen LogP contribution in [0.15, 0.2) is 47.4 Å². The van der Waals surface area contributed by atoms with E-state index in [2.05, 4.69) is 15.3 Å². The third-order valence-electron chi connectivity index (χ3n) is 3.53. The number of rotatable bonds is 3. The van der Waals surface area contributed by atoms with Gasteiger partial charge in [0.05, 0.1) is 17.1 Å². The highest BCUT2D eigenvalue weighted by molar-refractivity contribution is 5.94. The summed E-state index contributed by atoms with van der Waals surface area (Å²) in [7, 11) is 1.64. The maximum Gasteiger partial charge on any atom is 0.252 e. The molecule has 2 aromatic heterocycles. The maximum atomic E-state index is 12.2. The number of carbonyl (C=O) groups excluding carboxylic acids is 1. The van der Waals surface area contributed by atoms with Gasteiger partial charge in [-0.1, -0.05) is 12.1 Å². The van der Waals surface area contributed by atoms with Crippen molar-refractivity contribution < 1.29 is 4.79 Å². The fraction of sp³-hybridized carbons (Fsp3) is 0.188. The van der Waals surface area contributed by atoms with Crippen LogP contribution in [0, 0.1) is 0 Å². The van der Waals surface area contributed by atoms with Gasteiger partial charge in [0, 0.05) is 24.9 Å². The van der Waals surface area contributed by atoms with Gasteiger partial charge >= 0.3 is 0 Å². The molecular weight excluding hydrogens is 280 g/mol. The predicted molar refractivity (Wildman–Crippen MR) is 83.7 cm³/mol. The highest BCUT2D eigenvalue weighted by Crippen LogP contribution is 2.15. The molecule has 0 radical (unpaired) electrons. The molecule has 3 aromatic rings. The summed E-state index contributed by atoms with van der Waals surface area (Å²) >= 11 is 0. The topological polar surface area (TPSA) is 79.8 Å². The van der Waals surface area contributed by atoms with Crippen molar-refractivity contribution in [1.82, 2.24) is 19.9 Å². The number of aryl methyl sites for hydroxylation is 1. The minimum atomic E-state index is -0.300. The largest absolute Gasteiger partial charge is 0.342 e. The molecule has 0 spiro atoms. The molecule has 6 heteroatoms. The van der Waals surface area contributed by atoms with Crippen LogP contribution < -0.4 is 10.9 Å². The highest BCUT2D eigenvalue weighted by atomic mass is 16.2. The molecule has 0 saturated carbocycles. The number of H-pyrrole nitrogens is 1. The first-order chi connectivity index (χ1) is 10.5. The molecule has 6 nitrogen and oxygen atoms in total. The van der Waals surface area contributed by atoms with Gasteiger partial charge in [0.15, 0.2) is 0 Å². The molecule has 0 aliphatic heterocycles. The first kappa shape index (κ1) is 14.1. The Morgan fingerprint density at radius 1 is 1.32 bits per heavy atom. The number of aromatic amines is 1. The number of hydrogen-bond donors (Lipinski definition) is 2. The quantitative estimate of drug-likeness (QED) is 0.773. The summed E-state index contributed by atoms with van der Waals surface area (Å²) < 4.78 is 1.42. The van der Waals surface area contributed by atoms with E-state index in [9.17, 15) is 9.59 Å². The monoisotopic (exact) mass is 296 g/mol. The molecule has 1 atom stereocenters. The molecule has 1 aromatic carbocycles. The second kappa shape index (κ2) is 5.48. The van der Waals surface area contributed by atoms with Crippen molar-refractivity contribution in [2.75, 3.05) is 0 Å². The lowest BCUT2D eigenvalue weighted by Crippen LogP contribution is -2.29. The maximum absolute atomic E-state index is 12.2. The zero-order valence-electron chi connectivity index (χ0n) is 12.3. The Morgan fingerprint density at radius 3 is 2.82 bits per heavy atom. The van der Waals surface area contributed by atoms with Crippen LogP contribution in [0.3, 0.4) is 0 Å². The van der Waals surface area contributed by atoms with Gasteiger partial charge in [-0.2, -0.15) is 0 Å². The van der Waals surface area contributed by atoms with Crippen molar-refractivity contribution in [2.45, 2.75) is 13.0 Å². The van der Waals surface area contributed by atoms with Gasteiger partial charge in [-0.3, -0.25) is 9.59 Å². The van der Waals surface area contributed by atoms with Crippen LogP contribution in [0.1, 0.15) is 29.1 Å². The molecule has 0 aliphatic rings. The predicted octanol–water partition coefficient (Wildman–Crippen LogP) is 1.75. The molecule has 0 aliphatic carbocycles. The van der Waals surface area contributed by atoms with Crippen molar-refractivity contribution in [3.63, 3.8) is 0 Å².